The van der Waals surface area contributed by atoms with E-state index in [0.29, 0.717) is 0 Å². The number of β-amino-alcohol motifs (C(OH)–C–C–N with tert-alkyl or cyclic N) is 1. The third kappa shape index (κ3) is 2.59. The van der Waals surface area contributed by atoms with E-state index < -0.39 is 17.3 Å². The highest BCUT2D eigenvalue weighted by Gasteiger charge is 2.43. The molecular weight excluding hydrogens is 184 g/mol. The van der Waals surface area contributed by atoms with Gasteiger partial charge in [0.1, 0.15) is 11.2 Å². The van der Waals surface area contributed by atoms with Crippen LogP contribution in [0.15, 0.2) is 0 Å². The summed E-state index contributed by atoms with van der Waals surface area (Å²) in [5.41, 5.74) is 3.93. The van der Waals surface area contributed by atoms with Crippen molar-refractivity contribution in [2.75, 3.05) is 19.6 Å². The van der Waals surface area contributed by atoms with Crippen LogP contribution in [0.3, 0.4) is 0 Å². The van der Waals surface area contributed by atoms with Gasteiger partial charge in [0, 0.05) is 6.54 Å². The van der Waals surface area contributed by atoms with E-state index in [-0.39, 0.29) is 19.6 Å². The Morgan fingerprint density at radius 3 is 2.43 bits per heavy atom. The highest BCUT2D eigenvalue weighted by atomic mass is 16.6. The average Bonchev–Trinajstić information content (AvgIpc) is 1.95. The lowest BCUT2D eigenvalue weighted by Crippen LogP contribution is -2.67. The number of nitrogens with two attached hydrogens (primary N) is 1. The number of carbonyl (C=O) groups is 1. The summed E-state index contributed by atoms with van der Waals surface area (Å²) in [5, 5.41) is 9.56. The number of hydrogen-bond donors (Lipinski definition) is 2. The fourth-order valence-electron chi connectivity index (χ4n) is 1.25. The molecule has 1 saturated heterocycles. The van der Waals surface area contributed by atoms with E-state index in [4.69, 9.17) is 10.5 Å². The molecule has 14 heavy (non-hydrogen) atoms. The van der Waals surface area contributed by atoms with Gasteiger partial charge >= 0.3 is 6.09 Å². The largest absolute Gasteiger partial charge is 0.444 e. The SMILES string of the molecule is CC(C)(C)OC(=O)N1CC(O)(CN)C1. The first-order valence-corrected chi connectivity index (χ1v) is 4.66. The molecule has 0 spiro atoms. The molecule has 82 valence electrons. The van der Waals surface area contributed by atoms with Gasteiger partial charge in [0.25, 0.3) is 0 Å². The van der Waals surface area contributed by atoms with Crippen molar-refractivity contribution >= 4 is 6.09 Å². The lowest BCUT2D eigenvalue weighted by Gasteiger charge is -2.45. The first kappa shape index (κ1) is 11.3. The third-order valence-corrected chi connectivity index (χ3v) is 2.00. The molecule has 0 aromatic rings. The molecule has 0 bridgehead atoms. The first-order chi connectivity index (χ1) is 6.26. The van der Waals surface area contributed by atoms with Crippen molar-refractivity contribution < 1.29 is 14.6 Å². The molecule has 0 aromatic carbocycles. The summed E-state index contributed by atoms with van der Waals surface area (Å²) in [6.07, 6.45) is -0.393. The predicted octanol–water partition coefficient (Wildman–Crippen LogP) is -0.0731. The minimum atomic E-state index is -0.906. The van der Waals surface area contributed by atoms with Crippen LogP contribution in [-0.4, -0.2) is 46.9 Å². The molecule has 1 rings (SSSR count). The zero-order valence-electron chi connectivity index (χ0n) is 8.91. The number of aliphatic hydroxyl groups is 1. The normalized spacial score (nSPS) is 20.2. The smallest absolute Gasteiger partial charge is 0.410 e. The van der Waals surface area contributed by atoms with E-state index in [0.717, 1.165) is 0 Å². The van der Waals surface area contributed by atoms with Crippen LogP contribution in [0.1, 0.15) is 20.8 Å². The Hall–Kier alpha value is -0.810. The van der Waals surface area contributed by atoms with Crippen molar-refractivity contribution in [2.24, 2.45) is 5.73 Å². The number of carbonyl (C=O) groups excluding carboxylic acids is 1. The van der Waals surface area contributed by atoms with Crippen molar-refractivity contribution in [1.29, 1.82) is 0 Å². The van der Waals surface area contributed by atoms with E-state index in [1.54, 1.807) is 20.8 Å². The summed E-state index contributed by atoms with van der Waals surface area (Å²) in [7, 11) is 0. The van der Waals surface area contributed by atoms with E-state index in [1.807, 2.05) is 0 Å². The second-order valence-electron chi connectivity index (χ2n) is 4.76. The van der Waals surface area contributed by atoms with Crippen LogP contribution in [0.5, 0.6) is 0 Å². The quantitative estimate of drug-likeness (QED) is 0.624. The van der Waals surface area contributed by atoms with E-state index in [1.165, 1.54) is 4.90 Å². The monoisotopic (exact) mass is 202 g/mol. The van der Waals surface area contributed by atoms with Crippen molar-refractivity contribution in [2.45, 2.75) is 32.0 Å². The molecule has 0 saturated carbocycles. The van der Waals surface area contributed by atoms with Gasteiger partial charge in [0.05, 0.1) is 13.1 Å². The van der Waals surface area contributed by atoms with Crippen LogP contribution >= 0.6 is 0 Å². The van der Waals surface area contributed by atoms with Gasteiger partial charge in [-0.1, -0.05) is 0 Å². The second-order valence-corrected chi connectivity index (χ2v) is 4.76. The summed E-state index contributed by atoms with van der Waals surface area (Å²) in [5.74, 6) is 0. The summed E-state index contributed by atoms with van der Waals surface area (Å²) in [4.78, 5) is 12.8. The Balaban J connectivity index is 2.37. The summed E-state index contributed by atoms with van der Waals surface area (Å²) in [6.45, 7) is 6.11. The lowest BCUT2D eigenvalue weighted by molar-refractivity contribution is -0.0918. The Morgan fingerprint density at radius 2 is 2.07 bits per heavy atom. The van der Waals surface area contributed by atoms with Gasteiger partial charge in [-0.25, -0.2) is 4.79 Å². The molecule has 5 heteroatoms. The van der Waals surface area contributed by atoms with E-state index >= 15 is 0 Å². The summed E-state index contributed by atoms with van der Waals surface area (Å²) < 4.78 is 5.11. The maximum Gasteiger partial charge on any atom is 0.410 e. The Labute approximate surface area is 83.8 Å². The maximum absolute atomic E-state index is 11.4. The van der Waals surface area contributed by atoms with Crippen molar-refractivity contribution in [3.05, 3.63) is 0 Å². The van der Waals surface area contributed by atoms with Crippen LogP contribution in [-0.2, 0) is 4.74 Å². The minimum absolute atomic E-state index is 0.173. The fourth-order valence-corrected chi connectivity index (χ4v) is 1.25. The molecule has 1 fully saturated rings. The molecule has 1 aliphatic heterocycles. The molecule has 0 aliphatic carbocycles. The van der Waals surface area contributed by atoms with Gasteiger partial charge in [-0.2, -0.15) is 0 Å². The van der Waals surface area contributed by atoms with Crippen LogP contribution in [0, 0.1) is 0 Å². The minimum Gasteiger partial charge on any atom is -0.444 e. The molecule has 0 atom stereocenters. The lowest BCUT2D eigenvalue weighted by atomic mass is 9.95. The molecule has 0 unspecified atom stereocenters. The molecule has 0 aromatic heterocycles. The zero-order chi connectivity index (χ0) is 11.0. The van der Waals surface area contributed by atoms with Crippen LogP contribution in [0.25, 0.3) is 0 Å². The predicted molar refractivity (Wildman–Crippen MR) is 51.8 cm³/mol. The standard InChI is InChI=1S/C9H18N2O3/c1-8(2,3)14-7(12)11-5-9(13,4-10)6-11/h13H,4-6,10H2,1-3H3. The van der Waals surface area contributed by atoms with Crippen LogP contribution in [0.2, 0.25) is 0 Å². The first-order valence-electron chi connectivity index (χ1n) is 4.66. The fraction of sp³-hybridized carbons (Fsp3) is 0.889. The Kier molecular flexibility index (Phi) is 2.74. The number of amides is 1. The van der Waals surface area contributed by atoms with Crippen LogP contribution < -0.4 is 5.73 Å². The van der Waals surface area contributed by atoms with E-state index in [9.17, 15) is 9.90 Å². The van der Waals surface area contributed by atoms with Gasteiger partial charge in [0.2, 0.25) is 0 Å². The summed E-state index contributed by atoms with van der Waals surface area (Å²) in [6, 6.07) is 0. The van der Waals surface area contributed by atoms with Gasteiger partial charge < -0.3 is 20.5 Å². The molecule has 5 nitrogen and oxygen atoms in total. The molecule has 1 aliphatic rings. The van der Waals surface area contributed by atoms with Gasteiger partial charge in [-0.15, -0.1) is 0 Å². The number of ether oxygens (including phenoxy) is 1. The molecule has 3 N–H and O–H groups in total. The van der Waals surface area contributed by atoms with Gasteiger partial charge in [-0.05, 0) is 20.8 Å². The highest BCUT2D eigenvalue weighted by Crippen LogP contribution is 2.22. The number of likely N-dealkylation sites (tertiary alicyclic amines) is 1. The number of nitrogens with zero attached hydrogens (tertiary/aromatic N) is 1. The maximum atomic E-state index is 11.4. The molecule has 0 radical (unpaired) electrons. The number of hydrogen-bond acceptors (Lipinski definition) is 4. The topological polar surface area (TPSA) is 75.8 Å². The van der Waals surface area contributed by atoms with Crippen LogP contribution in [0.4, 0.5) is 4.79 Å². The average molecular weight is 202 g/mol. The van der Waals surface area contributed by atoms with Crippen molar-refractivity contribution in [1.82, 2.24) is 4.90 Å². The van der Waals surface area contributed by atoms with Crippen molar-refractivity contribution in [3.63, 3.8) is 0 Å². The van der Waals surface area contributed by atoms with Crippen molar-refractivity contribution in [3.8, 4) is 0 Å². The number of rotatable bonds is 1. The zero-order valence-corrected chi connectivity index (χ0v) is 8.91. The van der Waals surface area contributed by atoms with E-state index in [2.05, 4.69) is 0 Å². The molecular formula is C9H18N2O3. The highest BCUT2D eigenvalue weighted by molar-refractivity contribution is 5.69. The molecule has 1 heterocycles. The van der Waals surface area contributed by atoms with Gasteiger partial charge in [0.15, 0.2) is 0 Å². The Bertz CT molecular complexity index is 229. The third-order valence-electron chi connectivity index (χ3n) is 2.00. The Morgan fingerprint density at radius 1 is 1.57 bits per heavy atom. The molecule has 1 amide bonds. The van der Waals surface area contributed by atoms with Gasteiger partial charge in [-0.3, -0.25) is 0 Å². The summed E-state index contributed by atoms with van der Waals surface area (Å²) >= 11 is 0. The second kappa shape index (κ2) is 3.40.